The Bertz CT molecular complexity index is 972. The SMILES string of the molecule is COc1ccc2c(Cl)c(C(=O)NNC(=O)c3ccccc3Cl)sc2c1. The van der Waals surface area contributed by atoms with Gasteiger partial charge in [0.2, 0.25) is 0 Å². The number of hydrogen-bond donors (Lipinski definition) is 2. The van der Waals surface area contributed by atoms with E-state index in [0.717, 1.165) is 10.1 Å². The van der Waals surface area contributed by atoms with Gasteiger partial charge in [-0.2, -0.15) is 0 Å². The van der Waals surface area contributed by atoms with E-state index in [1.54, 1.807) is 49.6 Å². The first-order valence-electron chi connectivity index (χ1n) is 7.12. The summed E-state index contributed by atoms with van der Waals surface area (Å²) in [5, 5.41) is 1.36. The number of hydrogen-bond acceptors (Lipinski definition) is 4. The number of hydrazine groups is 1. The van der Waals surface area contributed by atoms with Crippen LogP contribution in [-0.4, -0.2) is 18.9 Å². The zero-order valence-corrected chi connectivity index (χ0v) is 15.3. The fourth-order valence-corrected chi connectivity index (χ4v) is 3.86. The van der Waals surface area contributed by atoms with Crippen LogP contribution in [0, 0.1) is 0 Å². The highest BCUT2D eigenvalue weighted by atomic mass is 35.5. The molecule has 0 atom stereocenters. The molecule has 0 spiro atoms. The van der Waals surface area contributed by atoms with Crippen LogP contribution in [0.2, 0.25) is 10.0 Å². The smallest absolute Gasteiger partial charge is 0.281 e. The van der Waals surface area contributed by atoms with Crippen LogP contribution in [-0.2, 0) is 0 Å². The van der Waals surface area contributed by atoms with Crippen molar-refractivity contribution >= 4 is 56.4 Å². The molecule has 128 valence electrons. The third-order valence-electron chi connectivity index (χ3n) is 3.45. The van der Waals surface area contributed by atoms with Crippen LogP contribution in [0.5, 0.6) is 5.75 Å². The second-order valence-electron chi connectivity index (χ2n) is 5.00. The van der Waals surface area contributed by atoms with E-state index in [0.29, 0.717) is 20.7 Å². The Morgan fingerprint density at radius 2 is 1.76 bits per heavy atom. The summed E-state index contributed by atoms with van der Waals surface area (Å²) in [5.41, 5.74) is 4.95. The van der Waals surface area contributed by atoms with Crippen LogP contribution >= 0.6 is 34.5 Å². The van der Waals surface area contributed by atoms with Gasteiger partial charge < -0.3 is 4.74 Å². The van der Waals surface area contributed by atoms with Crippen LogP contribution in [0.1, 0.15) is 20.0 Å². The first-order chi connectivity index (χ1) is 12.0. The Labute approximate surface area is 157 Å². The van der Waals surface area contributed by atoms with Crippen molar-refractivity contribution < 1.29 is 14.3 Å². The molecule has 3 rings (SSSR count). The molecule has 25 heavy (non-hydrogen) atoms. The fraction of sp³-hybridized carbons (Fsp3) is 0.0588. The third-order valence-corrected chi connectivity index (χ3v) is 5.44. The van der Waals surface area contributed by atoms with Gasteiger partial charge in [0.25, 0.3) is 11.8 Å². The molecular weight excluding hydrogens is 383 g/mol. The molecule has 1 aromatic heterocycles. The summed E-state index contributed by atoms with van der Waals surface area (Å²) in [4.78, 5) is 24.7. The fourth-order valence-electron chi connectivity index (χ4n) is 2.20. The van der Waals surface area contributed by atoms with Gasteiger partial charge in [0.15, 0.2) is 0 Å². The predicted molar refractivity (Wildman–Crippen MR) is 99.8 cm³/mol. The molecule has 0 unspecified atom stereocenters. The Morgan fingerprint density at radius 3 is 2.48 bits per heavy atom. The molecule has 5 nitrogen and oxygen atoms in total. The summed E-state index contributed by atoms with van der Waals surface area (Å²) in [6.07, 6.45) is 0. The molecule has 0 aliphatic heterocycles. The summed E-state index contributed by atoms with van der Waals surface area (Å²) in [5.74, 6) is -0.354. The molecule has 0 aliphatic rings. The molecule has 0 saturated heterocycles. The van der Waals surface area contributed by atoms with Crippen LogP contribution in [0.15, 0.2) is 42.5 Å². The van der Waals surface area contributed by atoms with Crippen LogP contribution in [0.4, 0.5) is 0 Å². The van der Waals surface area contributed by atoms with Crippen molar-refractivity contribution in [3.63, 3.8) is 0 Å². The molecular formula is C17H12Cl2N2O3S. The Kier molecular flexibility index (Phi) is 5.13. The van der Waals surface area contributed by atoms with Crippen molar-refractivity contribution in [1.82, 2.24) is 10.9 Å². The number of amides is 2. The van der Waals surface area contributed by atoms with Gasteiger partial charge in [-0.05, 0) is 30.3 Å². The van der Waals surface area contributed by atoms with E-state index in [-0.39, 0.29) is 5.56 Å². The summed E-state index contributed by atoms with van der Waals surface area (Å²) in [7, 11) is 1.56. The maximum absolute atomic E-state index is 12.3. The van der Waals surface area contributed by atoms with Gasteiger partial charge in [0.05, 0.1) is 22.7 Å². The average molecular weight is 395 g/mol. The quantitative estimate of drug-likeness (QED) is 0.651. The van der Waals surface area contributed by atoms with E-state index in [4.69, 9.17) is 27.9 Å². The minimum atomic E-state index is -0.516. The number of halogens is 2. The lowest BCUT2D eigenvalue weighted by molar-refractivity contribution is 0.0849. The van der Waals surface area contributed by atoms with Crippen LogP contribution < -0.4 is 15.6 Å². The summed E-state index contributed by atoms with van der Waals surface area (Å²) in [6.45, 7) is 0. The summed E-state index contributed by atoms with van der Waals surface area (Å²) in [6, 6.07) is 11.9. The third kappa shape index (κ3) is 3.56. The van der Waals surface area contributed by atoms with Gasteiger partial charge in [0.1, 0.15) is 10.6 Å². The van der Waals surface area contributed by atoms with E-state index in [1.165, 1.54) is 11.3 Å². The zero-order chi connectivity index (χ0) is 18.0. The lowest BCUT2D eigenvalue weighted by Crippen LogP contribution is -2.41. The second kappa shape index (κ2) is 7.31. The number of methoxy groups -OCH3 is 1. The molecule has 1 heterocycles. The summed E-state index contributed by atoms with van der Waals surface area (Å²) < 4.78 is 5.98. The van der Waals surface area contributed by atoms with Gasteiger partial charge >= 0.3 is 0 Å². The van der Waals surface area contributed by atoms with Crippen molar-refractivity contribution in [3.8, 4) is 5.75 Å². The maximum Gasteiger partial charge on any atom is 0.281 e. The average Bonchev–Trinajstić information content (AvgIpc) is 2.96. The van der Waals surface area contributed by atoms with Gasteiger partial charge in [-0.3, -0.25) is 20.4 Å². The standard InChI is InChI=1S/C17H12Cl2N2O3S/c1-24-9-6-7-11-13(8-9)25-15(14(11)19)17(23)21-20-16(22)10-4-2-3-5-12(10)18/h2-8H,1H3,(H,20,22)(H,21,23). The minimum Gasteiger partial charge on any atom is -0.497 e. The molecule has 8 heteroatoms. The van der Waals surface area contributed by atoms with E-state index >= 15 is 0 Å². The lowest BCUT2D eigenvalue weighted by atomic mass is 10.2. The number of ether oxygens (including phenoxy) is 1. The van der Waals surface area contributed by atoms with Gasteiger partial charge in [-0.25, -0.2) is 0 Å². The number of carbonyl (C=O) groups is 2. The monoisotopic (exact) mass is 394 g/mol. The first-order valence-corrected chi connectivity index (χ1v) is 8.69. The highest BCUT2D eigenvalue weighted by Crippen LogP contribution is 2.37. The molecule has 2 aromatic carbocycles. The maximum atomic E-state index is 12.3. The Balaban J connectivity index is 1.77. The highest BCUT2D eigenvalue weighted by molar-refractivity contribution is 7.21. The normalized spacial score (nSPS) is 10.5. The first kappa shape index (κ1) is 17.5. The number of nitrogens with one attached hydrogen (secondary N) is 2. The van der Waals surface area contributed by atoms with Gasteiger partial charge in [-0.1, -0.05) is 35.3 Å². The van der Waals surface area contributed by atoms with Crippen LogP contribution in [0.25, 0.3) is 10.1 Å². The number of thiophene rings is 1. The van der Waals surface area contributed by atoms with Crippen molar-refractivity contribution in [2.45, 2.75) is 0 Å². The van der Waals surface area contributed by atoms with Crippen molar-refractivity contribution in [2.24, 2.45) is 0 Å². The van der Waals surface area contributed by atoms with Crippen LogP contribution in [0.3, 0.4) is 0 Å². The molecule has 0 bridgehead atoms. The molecule has 0 radical (unpaired) electrons. The molecule has 0 fully saturated rings. The number of rotatable bonds is 3. The molecule has 0 aliphatic carbocycles. The molecule has 2 N–H and O–H groups in total. The second-order valence-corrected chi connectivity index (χ2v) is 6.83. The highest BCUT2D eigenvalue weighted by Gasteiger charge is 2.18. The molecule has 3 aromatic rings. The molecule has 0 saturated carbocycles. The zero-order valence-electron chi connectivity index (χ0n) is 12.9. The number of carbonyl (C=O) groups excluding carboxylic acids is 2. The molecule has 2 amide bonds. The van der Waals surface area contributed by atoms with Crippen molar-refractivity contribution in [1.29, 1.82) is 0 Å². The largest absolute Gasteiger partial charge is 0.497 e. The van der Waals surface area contributed by atoms with Gasteiger partial charge in [0, 0.05) is 10.1 Å². The van der Waals surface area contributed by atoms with Crippen molar-refractivity contribution in [3.05, 3.63) is 63.0 Å². The van der Waals surface area contributed by atoms with Crippen molar-refractivity contribution in [2.75, 3.05) is 7.11 Å². The lowest BCUT2D eigenvalue weighted by Gasteiger charge is -2.07. The van der Waals surface area contributed by atoms with E-state index < -0.39 is 11.8 Å². The summed E-state index contributed by atoms with van der Waals surface area (Å²) >= 11 is 13.4. The van der Waals surface area contributed by atoms with E-state index in [1.807, 2.05) is 0 Å². The number of benzene rings is 2. The van der Waals surface area contributed by atoms with E-state index in [9.17, 15) is 9.59 Å². The predicted octanol–water partition coefficient (Wildman–Crippen LogP) is 4.29. The van der Waals surface area contributed by atoms with E-state index in [2.05, 4.69) is 10.9 Å². The Hall–Kier alpha value is -2.28. The topological polar surface area (TPSA) is 67.4 Å². The minimum absolute atomic E-state index is 0.261. The Morgan fingerprint density at radius 1 is 1.04 bits per heavy atom. The van der Waals surface area contributed by atoms with Gasteiger partial charge in [-0.15, -0.1) is 11.3 Å². The number of fused-ring (bicyclic) bond motifs is 1.